The minimum absolute atomic E-state index is 0.126. The molecule has 102 valence electrons. The van der Waals surface area contributed by atoms with Gasteiger partial charge in [-0.15, -0.1) is 11.6 Å². The molecule has 2 aromatic heterocycles. The first kappa shape index (κ1) is 14.0. The molecule has 0 saturated heterocycles. The quantitative estimate of drug-likeness (QED) is 0.822. The van der Waals surface area contributed by atoms with Gasteiger partial charge in [0.15, 0.2) is 5.65 Å². The zero-order valence-electron chi connectivity index (χ0n) is 11.4. The second kappa shape index (κ2) is 6.15. The molecule has 2 rings (SSSR count). The molecule has 0 radical (unpaired) electrons. The van der Waals surface area contributed by atoms with Crippen LogP contribution in [0.2, 0.25) is 0 Å². The monoisotopic (exact) mass is 278 g/mol. The maximum atomic E-state index is 6.10. The number of nitrogens with one attached hydrogen (secondary N) is 1. The van der Waals surface area contributed by atoms with Crippen LogP contribution in [0.3, 0.4) is 0 Å². The third-order valence-corrected chi connectivity index (χ3v) is 4.33. The van der Waals surface area contributed by atoms with Gasteiger partial charge in [0.1, 0.15) is 11.3 Å². The Hall–Kier alpha value is -1.42. The van der Waals surface area contributed by atoms with Crippen molar-refractivity contribution in [2.24, 2.45) is 5.41 Å². The third kappa shape index (κ3) is 3.13. The molecule has 0 spiro atoms. The van der Waals surface area contributed by atoms with Crippen molar-refractivity contribution >= 4 is 28.6 Å². The van der Waals surface area contributed by atoms with Crippen LogP contribution in [-0.2, 0) is 0 Å². The summed E-state index contributed by atoms with van der Waals surface area (Å²) in [4.78, 5) is 12.9. The zero-order valence-corrected chi connectivity index (χ0v) is 12.1. The number of hydrogen-bond donors (Lipinski definition) is 1. The highest BCUT2D eigenvalue weighted by Crippen LogP contribution is 2.28. The molecule has 0 atom stereocenters. The van der Waals surface area contributed by atoms with Crippen LogP contribution in [0.15, 0.2) is 24.5 Å². The van der Waals surface area contributed by atoms with Gasteiger partial charge in [0.2, 0.25) is 0 Å². The summed E-state index contributed by atoms with van der Waals surface area (Å²) in [6.07, 6.45) is 5.42. The van der Waals surface area contributed by atoms with Crippen molar-refractivity contribution in [3.05, 3.63) is 24.5 Å². The smallest absolute Gasteiger partial charge is 0.180 e. The Morgan fingerprint density at radius 1 is 1.16 bits per heavy atom. The van der Waals surface area contributed by atoms with Crippen LogP contribution in [0.5, 0.6) is 0 Å². The van der Waals surface area contributed by atoms with Gasteiger partial charge in [-0.3, -0.25) is 4.98 Å². The maximum absolute atomic E-state index is 6.10. The molecule has 0 aliphatic rings. The van der Waals surface area contributed by atoms with E-state index in [9.17, 15) is 0 Å². The molecule has 0 saturated carbocycles. The van der Waals surface area contributed by atoms with Crippen LogP contribution in [0.1, 0.15) is 26.7 Å². The zero-order chi connectivity index (χ0) is 13.7. The summed E-state index contributed by atoms with van der Waals surface area (Å²) < 4.78 is 0. The maximum Gasteiger partial charge on any atom is 0.180 e. The van der Waals surface area contributed by atoms with Gasteiger partial charge in [-0.2, -0.15) is 0 Å². The Balaban J connectivity index is 2.13. The van der Waals surface area contributed by atoms with Crippen molar-refractivity contribution < 1.29 is 0 Å². The highest BCUT2D eigenvalue weighted by molar-refractivity contribution is 6.18. The highest BCUT2D eigenvalue weighted by Gasteiger charge is 2.24. The van der Waals surface area contributed by atoms with Gasteiger partial charge in [-0.05, 0) is 25.0 Å². The summed E-state index contributed by atoms with van der Waals surface area (Å²) in [5.41, 5.74) is 1.60. The number of halogens is 1. The van der Waals surface area contributed by atoms with Gasteiger partial charge < -0.3 is 5.32 Å². The molecule has 0 amide bonds. The SMILES string of the molecule is CCC(CC)(CCl)CNc1ccc2nccnc2n1. The summed E-state index contributed by atoms with van der Waals surface area (Å²) in [5, 5.41) is 3.37. The summed E-state index contributed by atoms with van der Waals surface area (Å²) >= 11 is 6.10. The van der Waals surface area contributed by atoms with Crippen molar-refractivity contribution in [1.29, 1.82) is 0 Å². The van der Waals surface area contributed by atoms with Crippen LogP contribution >= 0.6 is 11.6 Å². The number of alkyl halides is 1. The molecule has 0 aromatic carbocycles. The Morgan fingerprint density at radius 3 is 2.58 bits per heavy atom. The van der Waals surface area contributed by atoms with Crippen molar-refractivity contribution in [1.82, 2.24) is 15.0 Å². The molecule has 2 heterocycles. The lowest BCUT2D eigenvalue weighted by Crippen LogP contribution is -2.30. The Bertz CT molecular complexity index is 531. The molecule has 19 heavy (non-hydrogen) atoms. The fourth-order valence-corrected chi connectivity index (χ4v) is 2.44. The van der Waals surface area contributed by atoms with Gasteiger partial charge in [0.05, 0.1) is 0 Å². The predicted molar refractivity (Wildman–Crippen MR) is 79.6 cm³/mol. The lowest BCUT2D eigenvalue weighted by Gasteiger charge is -2.29. The lowest BCUT2D eigenvalue weighted by molar-refractivity contribution is 0.326. The van der Waals surface area contributed by atoms with Gasteiger partial charge >= 0.3 is 0 Å². The second-order valence-corrected chi connectivity index (χ2v) is 5.06. The Kier molecular flexibility index (Phi) is 4.53. The first-order valence-corrected chi connectivity index (χ1v) is 7.14. The van der Waals surface area contributed by atoms with Crippen LogP contribution < -0.4 is 5.32 Å². The lowest BCUT2D eigenvalue weighted by atomic mass is 9.84. The molecular weight excluding hydrogens is 260 g/mol. The van der Waals surface area contributed by atoms with E-state index >= 15 is 0 Å². The number of rotatable bonds is 6. The fourth-order valence-electron chi connectivity index (χ4n) is 1.97. The largest absolute Gasteiger partial charge is 0.369 e. The number of aromatic nitrogens is 3. The molecule has 0 unspecified atom stereocenters. The standard InChI is InChI=1S/C14H19ClN4/c1-3-14(4-2,9-15)10-18-12-6-5-11-13(19-12)17-8-7-16-11/h5-8H,3-4,9-10H2,1-2H3,(H,17,18,19). The van der Waals surface area contributed by atoms with E-state index in [4.69, 9.17) is 11.6 Å². The molecule has 0 aliphatic carbocycles. The molecule has 0 aliphatic heterocycles. The Labute approximate surface area is 118 Å². The molecule has 2 aromatic rings. The average Bonchev–Trinajstić information content (AvgIpc) is 2.49. The summed E-state index contributed by atoms with van der Waals surface area (Å²) in [5.74, 6) is 1.48. The topological polar surface area (TPSA) is 50.7 Å². The second-order valence-electron chi connectivity index (χ2n) is 4.79. The first-order valence-electron chi connectivity index (χ1n) is 6.60. The number of hydrogen-bond acceptors (Lipinski definition) is 4. The summed E-state index contributed by atoms with van der Waals surface area (Å²) in [7, 11) is 0. The first-order chi connectivity index (χ1) is 9.23. The fraction of sp³-hybridized carbons (Fsp3) is 0.500. The third-order valence-electron chi connectivity index (χ3n) is 3.76. The van der Waals surface area contributed by atoms with E-state index in [1.807, 2.05) is 12.1 Å². The van der Waals surface area contributed by atoms with E-state index in [1.165, 1.54) is 0 Å². The van der Waals surface area contributed by atoms with Crippen LogP contribution in [-0.4, -0.2) is 27.4 Å². The number of fused-ring (bicyclic) bond motifs is 1. The molecule has 4 nitrogen and oxygen atoms in total. The van der Waals surface area contributed by atoms with Crippen LogP contribution in [0.25, 0.3) is 11.2 Å². The van der Waals surface area contributed by atoms with Crippen molar-refractivity contribution in [2.75, 3.05) is 17.7 Å². The Morgan fingerprint density at radius 2 is 1.89 bits per heavy atom. The van der Waals surface area contributed by atoms with Gasteiger partial charge in [0, 0.05) is 30.2 Å². The summed E-state index contributed by atoms with van der Waals surface area (Å²) in [6, 6.07) is 3.86. The molecule has 0 bridgehead atoms. The predicted octanol–water partition coefficient (Wildman–Crippen LogP) is 3.48. The normalized spacial score (nSPS) is 11.7. The van der Waals surface area contributed by atoms with Crippen molar-refractivity contribution in [3.8, 4) is 0 Å². The number of anilines is 1. The number of pyridine rings is 1. The van der Waals surface area contributed by atoms with E-state index in [0.29, 0.717) is 11.5 Å². The molecule has 0 fully saturated rings. The van der Waals surface area contributed by atoms with Crippen LogP contribution in [0, 0.1) is 5.41 Å². The van der Waals surface area contributed by atoms with Gasteiger partial charge in [-0.25, -0.2) is 9.97 Å². The van der Waals surface area contributed by atoms with Crippen molar-refractivity contribution in [2.45, 2.75) is 26.7 Å². The minimum Gasteiger partial charge on any atom is -0.369 e. The summed E-state index contributed by atoms with van der Waals surface area (Å²) in [6.45, 7) is 5.17. The van der Waals surface area contributed by atoms with Crippen molar-refractivity contribution in [3.63, 3.8) is 0 Å². The highest BCUT2D eigenvalue weighted by atomic mass is 35.5. The van der Waals surface area contributed by atoms with Gasteiger partial charge in [0.25, 0.3) is 0 Å². The molecule has 5 heteroatoms. The van der Waals surface area contributed by atoms with E-state index in [2.05, 4.69) is 34.1 Å². The van der Waals surface area contributed by atoms with Crippen LogP contribution in [0.4, 0.5) is 5.82 Å². The van der Waals surface area contributed by atoms with E-state index in [-0.39, 0.29) is 5.41 Å². The average molecular weight is 279 g/mol. The molecular formula is C14H19ClN4. The molecule has 1 N–H and O–H groups in total. The van der Waals surface area contributed by atoms with E-state index in [1.54, 1.807) is 12.4 Å². The minimum atomic E-state index is 0.126. The van der Waals surface area contributed by atoms with E-state index in [0.717, 1.165) is 30.7 Å². The van der Waals surface area contributed by atoms with Gasteiger partial charge in [-0.1, -0.05) is 13.8 Å². The number of nitrogens with zero attached hydrogens (tertiary/aromatic N) is 3. The van der Waals surface area contributed by atoms with E-state index < -0.39 is 0 Å².